The molecule has 4 heteroatoms. The van der Waals surface area contributed by atoms with Crippen LogP contribution in [0.4, 0.5) is 0 Å². The van der Waals surface area contributed by atoms with E-state index in [0.29, 0.717) is 6.61 Å². The second-order valence-electron chi connectivity index (χ2n) is 4.90. The minimum atomic E-state index is -0.171. The highest BCUT2D eigenvalue weighted by Gasteiger charge is 2.10. The van der Waals surface area contributed by atoms with Crippen LogP contribution >= 0.6 is 0 Å². The van der Waals surface area contributed by atoms with Crippen LogP contribution in [-0.4, -0.2) is 24.2 Å². The fraction of sp³-hybridized carbons (Fsp3) is 0.438. The summed E-state index contributed by atoms with van der Waals surface area (Å²) in [4.78, 5) is 11.8. The zero-order chi connectivity index (χ0) is 14.4. The van der Waals surface area contributed by atoms with Crippen LogP contribution in [0.15, 0.2) is 30.5 Å². The number of para-hydroxylation sites is 1. The summed E-state index contributed by atoms with van der Waals surface area (Å²) in [7, 11) is 1.92. The molecule has 0 amide bonds. The second kappa shape index (κ2) is 7.10. The summed E-state index contributed by atoms with van der Waals surface area (Å²) in [6.07, 6.45) is 3.98. The molecule has 0 aliphatic rings. The quantitative estimate of drug-likeness (QED) is 0.623. The lowest BCUT2D eigenvalue weighted by Gasteiger charge is -2.06. The third kappa shape index (κ3) is 3.39. The van der Waals surface area contributed by atoms with E-state index < -0.39 is 0 Å². The van der Waals surface area contributed by atoms with E-state index in [2.05, 4.69) is 18.3 Å². The van der Waals surface area contributed by atoms with Crippen molar-refractivity contribution in [2.24, 2.45) is 0 Å². The molecule has 4 nitrogen and oxygen atoms in total. The van der Waals surface area contributed by atoms with Crippen molar-refractivity contribution in [1.29, 1.82) is 0 Å². The predicted octanol–water partition coefficient (Wildman–Crippen LogP) is 2.70. The van der Waals surface area contributed by atoms with Gasteiger partial charge in [-0.3, -0.25) is 4.79 Å². The van der Waals surface area contributed by atoms with Crippen molar-refractivity contribution in [1.82, 2.24) is 9.88 Å². The number of ether oxygens (including phenoxy) is 1. The maximum Gasteiger partial charge on any atom is 0.325 e. The summed E-state index contributed by atoms with van der Waals surface area (Å²) in [5.74, 6) is -0.171. The van der Waals surface area contributed by atoms with Gasteiger partial charge in [0.05, 0.1) is 6.61 Å². The Morgan fingerprint density at radius 1 is 1.35 bits per heavy atom. The van der Waals surface area contributed by atoms with Crippen LogP contribution in [0.2, 0.25) is 0 Å². The largest absolute Gasteiger partial charge is 0.464 e. The van der Waals surface area contributed by atoms with Crippen molar-refractivity contribution in [3.8, 4) is 0 Å². The van der Waals surface area contributed by atoms with Crippen LogP contribution in [0.3, 0.4) is 0 Å². The molecule has 0 bridgehead atoms. The lowest BCUT2D eigenvalue weighted by Crippen LogP contribution is -2.13. The first-order chi connectivity index (χ1) is 9.76. The Morgan fingerprint density at radius 3 is 2.90 bits per heavy atom. The maximum absolute atomic E-state index is 11.8. The topological polar surface area (TPSA) is 43.3 Å². The van der Waals surface area contributed by atoms with Gasteiger partial charge in [0.2, 0.25) is 0 Å². The Labute approximate surface area is 119 Å². The van der Waals surface area contributed by atoms with Gasteiger partial charge < -0.3 is 14.6 Å². The minimum Gasteiger partial charge on any atom is -0.464 e. The number of carbonyl (C=O) groups excluding carboxylic acids is 1. The first-order valence-electron chi connectivity index (χ1n) is 7.13. The van der Waals surface area contributed by atoms with Gasteiger partial charge in [0.1, 0.15) is 6.54 Å². The Hall–Kier alpha value is -1.81. The molecule has 0 fully saturated rings. The Bertz CT molecular complexity index is 575. The van der Waals surface area contributed by atoms with Crippen molar-refractivity contribution < 1.29 is 9.53 Å². The van der Waals surface area contributed by atoms with Crippen LogP contribution in [0, 0.1) is 0 Å². The number of rotatable bonds is 7. The second-order valence-corrected chi connectivity index (χ2v) is 4.90. The highest BCUT2D eigenvalue weighted by molar-refractivity contribution is 5.85. The van der Waals surface area contributed by atoms with Gasteiger partial charge in [0.25, 0.3) is 0 Å². The molecule has 20 heavy (non-hydrogen) atoms. The lowest BCUT2D eigenvalue weighted by molar-refractivity contribution is -0.144. The number of fused-ring (bicyclic) bond motifs is 1. The molecule has 1 N–H and O–H groups in total. The van der Waals surface area contributed by atoms with Crippen LogP contribution in [-0.2, 0) is 22.6 Å². The zero-order valence-corrected chi connectivity index (χ0v) is 12.2. The number of nitrogens with one attached hydrogen (secondary N) is 1. The molecule has 2 aromatic rings. The average Bonchev–Trinajstić information content (AvgIpc) is 2.78. The van der Waals surface area contributed by atoms with Gasteiger partial charge in [-0.05, 0) is 25.1 Å². The van der Waals surface area contributed by atoms with Crippen LogP contribution < -0.4 is 5.32 Å². The number of unbranched alkanes of at least 4 members (excludes halogenated alkanes) is 1. The molecule has 0 saturated carbocycles. The fourth-order valence-electron chi connectivity index (χ4n) is 2.30. The fourth-order valence-corrected chi connectivity index (χ4v) is 2.30. The smallest absolute Gasteiger partial charge is 0.325 e. The highest BCUT2D eigenvalue weighted by Crippen LogP contribution is 2.21. The number of carbonyl (C=O) groups is 1. The molecule has 1 aromatic carbocycles. The van der Waals surface area contributed by atoms with Crippen LogP contribution in [0.25, 0.3) is 10.9 Å². The Kier molecular flexibility index (Phi) is 5.18. The summed E-state index contributed by atoms with van der Waals surface area (Å²) in [5, 5.41) is 4.34. The number of nitrogens with zero attached hydrogens (tertiary/aromatic N) is 1. The number of esters is 1. The third-order valence-electron chi connectivity index (χ3n) is 3.30. The minimum absolute atomic E-state index is 0.171. The molecule has 0 aliphatic carbocycles. The molecular weight excluding hydrogens is 252 g/mol. The number of hydrogen-bond donors (Lipinski definition) is 1. The monoisotopic (exact) mass is 274 g/mol. The molecule has 0 atom stereocenters. The van der Waals surface area contributed by atoms with E-state index in [1.54, 1.807) is 0 Å². The molecule has 0 unspecified atom stereocenters. The van der Waals surface area contributed by atoms with Crippen molar-refractivity contribution in [2.75, 3.05) is 13.7 Å². The van der Waals surface area contributed by atoms with E-state index in [-0.39, 0.29) is 12.5 Å². The van der Waals surface area contributed by atoms with Gasteiger partial charge in [-0.25, -0.2) is 0 Å². The van der Waals surface area contributed by atoms with Gasteiger partial charge in [-0.2, -0.15) is 0 Å². The molecule has 0 radical (unpaired) electrons. The summed E-state index contributed by atoms with van der Waals surface area (Å²) >= 11 is 0. The molecule has 1 heterocycles. The molecule has 1 aromatic heterocycles. The van der Waals surface area contributed by atoms with Gasteiger partial charge >= 0.3 is 5.97 Å². The summed E-state index contributed by atoms with van der Waals surface area (Å²) in [5.41, 5.74) is 2.27. The van der Waals surface area contributed by atoms with Crippen molar-refractivity contribution >= 4 is 16.9 Å². The maximum atomic E-state index is 11.8. The van der Waals surface area contributed by atoms with E-state index >= 15 is 0 Å². The van der Waals surface area contributed by atoms with E-state index in [9.17, 15) is 4.79 Å². The van der Waals surface area contributed by atoms with Crippen LogP contribution in [0.1, 0.15) is 25.3 Å². The molecule has 108 valence electrons. The number of aromatic nitrogens is 1. The van der Waals surface area contributed by atoms with Gasteiger partial charge in [-0.1, -0.05) is 31.5 Å². The molecule has 0 aliphatic heterocycles. The Balaban J connectivity index is 2.15. The molecule has 0 spiro atoms. The summed E-state index contributed by atoms with van der Waals surface area (Å²) < 4.78 is 7.20. The highest BCUT2D eigenvalue weighted by atomic mass is 16.5. The SMILES string of the molecule is CCCCOC(=O)Cn1cc(CNC)c2ccccc21. The van der Waals surface area contributed by atoms with E-state index in [1.807, 2.05) is 36.0 Å². The van der Waals surface area contributed by atoms with Crippen molar-refractivity contribution in [3.63, 3.8) is 0 Å². The predicted molar refractivity (Wildman–Crippen MR) is 80.6 cm³/mol. The van der Waals surface area contributed by atoms with Crippen molar-refractivity contribution in [3.05, 3.63) is 36.0 Å². The zero-order valence-electron chi connectivity index (χ0n) is 12.2. The summed E-state index contributed by atoms with van der Waals surface area (Å²) in [6.45, 7) is 3.65. The first-order valence-corrected chi connectivity index (χ1v) is 7.13. The molecular formula is C16H22N2O2. The third-order valence-corrected chi connectivity index (χ3v) is 3.30. The van der Waals surface area contributed by atoms with E-state index in [4.69, 9.17) is 4.74 Å². The van der Waals surface area contributed by atoms with E-state index in [0.717, 1.165) is 24.9 Å². The Morgan fingerprint density at radius 2 is 2.15 bits per heavy atom. The standard InChI is InChI=1S/C16H22N2O2/c1-3-4-9-20-16(19)12-18-11-13(10-17-2)14-7-5-6-8-15(14)18/h5-8,11,17H,3-4,9-10,12H2,1-2H3. The first kappa shape index (κ1) is 14.6. The van der Waals surface area contributed by atoms with E-state index in [1.165, 1.54) is 10.9 Å². The molecule has 2 rings (SSSR count). The average molecular weight is 274 g/mol. The van der Waals surface area contributed by atoms with Gasteiger partial charge in [-0.15, -0.1) is 0 Å². The normalized spacial score (nSPS) is 10.9. The molecule has 0 saturated heterocycles. The van der Waals surface area contributed by atoms with Crippen molar-refractivity contribution in [2.45, 2.75) is 32.9 Å². The number of hydrogen-bond acceptors (Lipinski definition) is 3. The van der Waals surface area contributed by atoms with Crippen LogP contribution in [0.5, 0.6) is 0 Å². The number of benzene rings is 1. The summed E-state index contributed by atoms with van der Waals surface area (Å²) in [6, 6.07) is 8.13. The van der Waals surface area contributed by atoms with Gasteiger partial charge in [0, 0.05) is 23.6 Å². The van der Waals surface area contributed by atoms with Gasteiger partial charge in [0.15, 0.2) is 0 Å². The lowest BCUT2D eigenvalue weighted by atomic mass is 10.2.